The average Bonchev–Trinajstić information content (AvgIpc) is 2.39. The Hall–Kier alpha value is -1.16. The van der Waals surface area contributed by atoms with E-state index < -0.39 is 17.0 Å². The van der Waals surface area contributed by atoms with Gasteiger partial charge in [0.05, 0.1) is 11.1 Å². The van der Waals surface area contributed by atoms with E-state index in [1.165, 1.54) is 6.07 Å². The topological polar surface area (TPSA) is 29.1 Å². The van der Waals surface area contributed by atoms with Gasteiger partial charge >= 0.3 is 0 Å². The van der Waals surface area contributed by atoms with Gasteiger partial charge in [0, 0.05) is 10.9 Å². The number of halogens is 3. The first kappa shape index (κ1) is 14.4. The van der Waals surface area contributed by atoms with Crippen LogP contribution >= 0.6 is 11.6 Å². The summed E-state index contributed by atoms with van der Waals surface area (Å²) >= 11 is 6.72. The molecule has 0 aliphatic heterocycles. The fraction of sp³-hybridized carbons (Fsp3) is 0.588. The Morgan fingerprint density at radius 1 is 1.18 bits per heavy atom. The fourth-order valence-corrected chi connectivity index (χ4v) is 5.95. The monoisotopic (exact) mass is 325 g/mol. The number of hydrogen-bond acceptors (Lipinski definition) is 1. The molecular formula is C17H18ClF2NO. The van der Waals surface area contributed by atoms with Crippen molar-refractivity contribution in [2.75, 3.05) is 5.32 Å². The molecule has 0 spiro atoms. The van der Waals surface area contributed by atoms with E-state index in [1.54, 1.807) is 0 Å². The highest BCUT2D eigenvalue weighted by atomic mass is 35.5. The number of alkyl halides is 1. The van der Waals surface area contributed by atoms with E-state index in [9.17, 15) is 13.6 Å². The lowest BCUT2D eigenvalue weighted by atomic mass is 9.49. The number of nitrogens with one attached hydrogen (secondary N) is 1. The molecule has 4 aliphatic rings. The van der Waals surface area contributed by atoms with Gasteiger partial charge in [-0.3, -0.25) is 4.79 Å². The highest BCUT2D eigenvalue weighted by molar-refractivity contribution is 6.24. The smallest absolute Gasteiger partial charge is 0.230 e. The molecule has 4 saturated carbocycles. The summed E-state index contributed by atoms with van der Waals surface area (Å²) in [6.07, 6.45) is 5.49. The van der Waals surface area contributed by atoms with Crippen LogP contribution in [-0.4, -0.2) is 10.8 Å². The van der Waals surface area contributed by atoms with Gasteiger partial charge in [-0.2, -0.15) is 0 Å². The lowest BCUT2D eigenvalue weighted by Gasteiger charge is -2.59. The molecule has 5 rings (SSSR count). The van der Waals surface area contributed by atoms with Gasteiger partial charge in [0.2, 0.25) is 5.91 Å². The molecule has 22 heavy (non-hydrogen) atoms. The largest absolute Gasteiger partial charge is 0.323 e. The van der Waals surface area contributed by atoms with Crippen LogP contribution in [0.1, 0.15) is 38.5 Å². The molecular weight excluding hydrogens is 308 g/mol. The van der Waals surface area contributed by atoms with Crippen LogP contribution in [0, 0.1) is 28.9 Å². The zero-order valence-electron chi connectivity index (χ0n) is 12.2. The summed E-state index contributed by atoms with van der Waals surface area (Å²) in [6.45, 7) is 0. The van der Waals surface area contributed by atoms with Gasteiger partial charge in [0.1, 0.15) is 11.6 Å². The Labute approximate surface area is 133 Å². The van der Waals surface area contributed by atoms with Crippen LogP contribution in [0.15, 0.2) is 18.2 Å². The highest BCUT2D eigenvalue weighted by Gasteiger charge is 2.60. The minimum absolute atomic E-state index is 0.0470. The standard InChI is InChI=1S/C17H18ClF2NO/c18-17-7-10-3-11(8-17)6-16(5-10,9-17)15(22)21-14-2-1-12(19)4-13(14)20/h1-2,4,10-11H,3,5-9H2,(H,21,22)/t10-,11-,16?,17?/m1/s1. The van der Waals surface area contributed by atoms with Crippen LogP contribution in [0.5, 0.6) is 0 Å². The van der Waals surface area contributed by atoms with Gasteiger partial charge in [0.15, 0.2) is 0 Å². The van der Waals surface area contributed by atoms with E-state index in [-0.39, 0.29) is 16.5 Å². The number of carbonyl (C=O) groups excluding carboxylic acids is 1. The number of amides is 1. The van der Waals surface area contributed by atoms with Gasteiger partial charge in [-0.05, 0) is 62.5 Å². The highest BCUT2D eigenvalue weighted by Crippen LogP contribution is 2.64. The third-order valence-corrected chi connectivity index (χ3v) is 6.09. The number of benzene rings is 1. The van der Waals surface area contributed by atoms with Crippen LogP contribution in [-0.2, 0) is 4.79 Å². The zero-order chi connectivity index (χ0) is 15.5. The first-order valence-corrected chi connectivity index (χ1v) is 8.21. The Balaban J connectivity index is 1.60. The summed E-state index contributed by atoms with van der Waals surface area (Å²) in [4.78, 5) is 12.6. The molecule has 4 bridgehead atoms. The average molecular weight is 326 g/mol. The van der Waals surface area contributed by atoms with Crippen molar-refractivity contribution >= 4 is 23.2 Å². The second-order valence-electron chi connectivity index (χ2n) is 7.47. The number of carbonyl (C=O) groups is 1. The second-order valence-corrected chi connectivity index (χ2v) is 8.27. The quantitative estimate of drug-likeness (QED) is 0.798. The Morgan fingerprint density at radius 3 is 2.45 bits per heavy atom. The fourth-order valence-electron chi connectivity index (χ4n) is 5.26. The molecule has 0 saturated heterocycles. The first-order chi connectivity index (χ1) is 10.4. The molecule has 1 amide bonds. The van der Waals surface area contributed by atoms with Crippen molar-refractivity contribution in [2.24, 2.45) is 17.3 Å². The van der Waals surface area contributed by atoms with E-state index in [2.05, 4.69) is 5.32 Å². The van der Waals surface area contributed by atoms with Crippen molar-refractivity contribution in [3.63, 3.8) is 0 Å². The minimum Gasteiger partial charge on any atom is -0.323 e. The molecule has 4 fully saturated rings. The third kappa shape index (κ3) is 2.23. The van der Waals surface area contributed by atoms with E-state index in [0.717, 1.165) is 44.2 Å². The number of rotatable bonds is 2. The Bertz CT molecular complexity index is 634. The molecule has 4 aliphatic carbocycles. The van der Waals surface area contributed by atoms with Crippen LogP contribution in [0.2, 0.25) is 0 Å². The lowest BCUT2D eigenvalue weighted by molar-refractivity contribution is -0.138. The van der Waals surface area contributed by atoms with Crippen molar-refractivity contribution in [1.29, 1.82) is 0 Å². The summed E-state index contributed by atoms with van der Waals surface area (Å²) < 4.78 is 26.8. The van der Waals surface area contributed by atoms with Gasteiger partial charge in [-0.25, -0.2) is 8.78 Å². The molecule has 2 nitrogen and oxygen atoms in total. The van der Waals surface area contributed by atoms with Crippen molar-refractivity contribution in [3.05, 3.63) is 29.8 Å². The SMILES string of the molecule is O=C(Nc1ccc(F)cc1F)C12C[C@H]3C[C@@H](CC(Cl)(C3)C1)C2. The maximum atomic E-state index is 13.8. The summed E-state index contributed by atoms with van der Waals surface area (Å²) in [5, 5.41) is 2.67. The van der Waals surface area contributed by atoms with Crippen molar-refractivity contribution < 1.29 is 13.6 Å². The van der Waals surface area contributed by atoms with E-state index in [4.69, 9.17) is 11.6 Å². The molecule has 0 radical (unpaired) electrons. The lowest BCUT2D eigenvalue weighted by Crippen LogP contribution is -2.57. The summed E-state index contributed by atoms with van der Waals surface area (Å²) in [6, 6.07) is 3.22. The van der Waals surface area contributed by atoms with Gasteiger partial charge in [-0.1, -0.05) is 0 Å². The molecule has 1 aromatic rings. The van der Waals surface area contributed by atoms with Crippen molar-refractivity contribution in [1.82, 2.24) is 0 Å². The van der Waals surface area contributed by atoms with Crippen LogP contribution in [0.4, 0.5) is 14.5 Å². The van der Waals surface area contributed by atoms with Gasteiger partial charge in [-0.15, -0.1) is 11.6 Å². The normalized spacial score (nSPS) is 39.0. The molecule has 1 N–H and O–H groups in total. The van der Waals surface area contributed by atoms with Gasteiger partial charge in [0.25, 0.3) is 0 Å². The molecule has 1 aromatic carbocycles. The molecule has 0 unspecified atom stereocenters. The molecule has 118 valence electrons. The second kappa shape index (κ2) is 4.67. The van der Waals surface area contributed by atoms with Crippen LogP contribution in [0.3, 0.4) is 0 Å². The minimum atomic E-state index is -0.737. The van der Waals surface area contributed by atoms with E-state index in [1.807, 2.05) is 0 Å². The van der Waals surface area contributed by atoms with Crippen molar-refractivity contribution in [3.8, 4) is 0 Å². The Kier molecular flexibility index (Phi) is 3.06. The number of anilines is 1. The molecule has 5 heteroatoms. The van der Waals surface area contributed by atoms with E-state index in [0.29, 0.717) is 18.3 Å². The summed E-state index contributed by atoms with van der Waals surface area (Å²) in [5.41, 5.74) is -0.432. The first-order valence-electron chi connectivity index (χ1n) is 7.83. The predicted octanol–water partition coefficient (Wildman–Crippen LogP) is 4.48. The third-order valence-electron chi connectivity index (χ3n) is 5.65. The van der Waals surface area contributed by atoms with E-state index >= 15 is 0 Å². The van der Waals surface area contributed by atoms with Crippen molar-refractivity contribution in [2.45, 2.75) is 43.4 Å². The van der Waals surface area contributed by atoms with Crippen LogP contribution in [0.25, 0.3) is 0 Å². The van der Waals surface area contributed by atoms with Gasteiger partial charge < -0.3 is 5.32 Å². The molecule has 0 aromatic heterocycles. The summed E-state index contributed by atoms with van der Waals surface area (Å²) in [5.74, 6) is -0.536. The predicted molar refractivity (Wildman–Crippen MR) is 80.7 cm³/mol. The summed E-state index contributed by atoms with van der Waals surface area (Å²) in [7, 11) is 0. The zero-order valence-corrected chi connectivity index (χ0v) is 12.9. The molecule has 0 heterocycles. The maximum absolute atomic E-state index is 13.8. The molecule has 2 atom stereocenters. The van der Waals surface area contributed by atoms with Crippen LogP contribution < -0.4 is 5.32 Å². The number of hydrogen-bond donors (Lipinski definition) is 1. The maximum Gasteiger partial charge on any atom is 0.230 e. The Morgan fingerprint density at radius 2 is 1.86 bits per heavy atom.